The number of nitrogens with zero attached hydrogens (tertiary/aromatic N) is 2. The molecule has 2 aromatic rings. The molecule has 1 aromatic carbocycles. The van der Waals surface area contributed by atoms with Crippen molar-refractivity contribution in [1.29, 1.82) is 0 Å². The van der Waals surface area contributed by atoms with E-state index in [1.165, 1.54) is 0 Å². The molecule has 0 radical (unpaired) electrons. The number of hydrogen-bond acceptors (Lipinski definition) is 3. The van der Waals surface area contributed by atoms with Crippen LogP contribution in [0.4, 0.5) is 0 Å². The van der Waals surface area contributed by atoms with Crippen molar-refractivity contribution in [3.05, 3.63) is 42.1 Å². The first-order valence-electron chi connectivity index (χ1n) is 6.60. The minimum atomic E-state index is 0.125. The van der Waals surface area contributed by atoms with Gasteiger partial charge in [0.2, 0.25) is 5.90 Å². The number of hydrogen-bond donors (Lipinski definition) is 0. The van der Waals surface area contributed by atoms with Gasteiger partial charge in [0.1, 0.15) is 6.61 Å². The highest BCUT2D eigenvalue weighted by molar-refractivity contribution is 6.05. The average molecular weight is 254 g/mol. The summed E-state index contributed by atoms with van der Waals surface area (Å²) in [5.74, 6) is 0.726. The standard InChI is InChI=1S/C16H18N2O/c1-16(2,3)13-10-19-15(18-13)12-8-4-6-11-7-5-9-17-14(11)12/h4-9,13H,10H2,1-3H3/t13-/m1/s1. The molecule has 0 aliphatic carbocycles. The Morgan fingerprint density at radius 2 is 1.95 bits per heavy atom. The normalized spacial score (nSPS) is 19.3. The molecule has 0 saturated heterocycles. The first-order chi connectivity index (χ1) is 9.05. The summed E-state index contributed by atoms with van der Waals surface area (Å²) in [5.41, 5.74) is 2.07. The van der Waals surface area contributed by atoms with E-state index in [1.807, 2.05) is 24.4 Å². The zero-order valence-corrected chi connectivity index (χ0v) is 11.6. The van der Waals surface area contributed by atoms with Crippen LogP contribution in [0.3, 0.4) is 0 Å². The molecule has 1 aromatic heterocycles. The Morgan fingerprint density at radius 3 is 2.68 bits per heavy atom. The number of fused-ring (bicyclic) bond motifs is 1. The van der Waals surface area contributed by atoms with E-state index in [-0.39, 0.29) is 11.5 Å². The fourth-order valence-corrected chi connectivity index (χ4v) is 2.24. The number of aliphatic imine (C=N–C) groups is 1. The van der Waals surface area contributed by atoms with Gasteiger partial charge in [-0.2, -0.15) is 0 Å². The lowest BCUT2D eigenvalue weighted by Gasteiger charge is -2.21. The zero-order valence-electron chi connectivity index (χ0n) is 11.6. The molecule has 3 heteroatoms. The molecule has 0 amide bonds. The van der Waals surface area contributed by atoms with Crippen LogP contribution in [0.15, 0.2) is 41.5 Å². The summed E-state index contributed by atoms with van der Waals surface area (Å²) in [6, 6.07) is 10.3. The molecule has 0 bridgehead atoms. The fraction of sp³-hybridized carbons (Fsp3) is 0.375. The highest BCUT2D eigenvalue weighted by Crippen LogP contribution is 2.28. The van der Waals surface area contributed by atoms with Gasteiger partial charge in [0, 0.05) is 11.6 Å². The summed E-state index contributed by atoms with van der Waals surface area (Å²) in [6.45, 7) is 7.22. The molecule has 98 valence electrons. The molecule has 1 aliphatic heterocycles. The summed E-state index contributed by atoms with van der Waals surface area (Å²) >= 11 is 0. The average Bonchev–Trinajstić information content (AvgIpc) is 2.87. The van der Waals surface area contributed by atoms with Crippen LogP contribution in [-0.4, -0.2) is 23.5 Å². The maximum Gasteiger partial charge on any atom is 0.218 e. The minimum Gasteiger partial charge on any atom is -0.475 e. The van der Waals surface area contributed by atoms with Crippen molar-refractivity contribution in [1.82, 2.24) is 4.98 Å². The number of para-hydroxylation sites is 1. The summed E-state index contributed by atoms with van der Waals surface area (Å²) in [4.78, 5) is 9.19. The van der Waals surface area contributed by atoms with Crippen molar-refractivity contribution in [3.63, 3.8) is 0 Å². The lowest BCUT2D eigenvalue weighted by molar-refractivity contribution is 0.236. The quantitative estimate of drug-likeness (QED) is 0.781. The van der Waals surface area contributed by atoms with Gasteiger partial charge in [-0.3, -0.25) is 4.98 Å². The number of aromatic nitrogens is 1. The second-order valence-electron chi connectivity index (χ2n) is 6.01. The zero-order chi connectivity index (χ0) is 13.5. The lowest BCUT2D eigenvalue weighted by atomic mass is 9.88. The predicted molar refractivity (Wildman–Crippen MR) is 77.5 cm³/mol. The molecule has 2 heterocycles. The van der Waals surface area contributed by atoms with Gasteiger partial charge in [0.25, 0.3) is 0 Å². The molecule has 0 unspecified atom stereocenters. The van der Waals surface area contributed by atoms with Crippen LogP contribution in [0.25, 0.3) is 10.9 Å². The molecule has 0 saturated carbocycles. The van der Waals surface area contributed by atoms with Crippen molar-refractivity contribution in [2.75, 3.05) is 6.61 Å². The van der Waals surface area contributed by atoms with Gasteiger partial charge in [-0.1, -0.05) is 39.0 Å². The van der Waals surface area contributed by atoms with Gasteiger partial charge in [0.15, 0.2) is 0 Å². The van der Waals surface area contributed by atoms with Crippen LogP contribution in [0.2, 0.25) is 0 Å². The summed E-state index contributed by atoms with van der Waals surface area (Å²) in [5, 5.41) is 1.12. The van der Waals surface area contributed by atoms with Gasteiger partial charge >= 0.3 is 0 Å². The number of benzene rings is 1. The first-order valence-corrected chi connectivity index (χ1v) is 6.60. The van der Waals surface area contributed by atoms with E-state index in [1.54, 1.807) is 0 Å². The molecular weight excluding hydrogens is 236 g/mol. The van der Waals surface area contributed by atoms with Crippen LogP contribution < -0.4 is 0 Å². The second kappa shape index (κ2) is 4.34. The molecule has 3 nitrogen and oxygen atoms in total. The van der Waals surface area contributed by atoms with E-state index in [0.717, 1.165) is 22.4 Å². The molecule has 1 aliphatic rings. The summed E-state index contributed by atoms with van der Waals surface area (Å²) in [7, 11) is 0. The van der Waals surface area contributed by atoms with E-state index in [2.05, 4.69) is 37.9 Å². The molecular formula is C16H18N2O. The van der Waals surface area contributed by atoms with Gasteiger partial charge in [-0.15, -0.1) is 0 Å². The third kappa shape index (κ3) is 2.21. The number of rotatable bonds is 1. The highest BCUT2D eigenvalue weighted by Gasteiger charge is 2.31. The topological polar surface area (TPSA) is 34.5 Å². The predicted octanol–water partition coefficient (Wildman–Crippen LogP) is 3.43. The van der Waals surface area contributed by atoms with Crippen molar-refractivity contribution in [2.45, 2.75) is 26.8 Å². The Hall–Kier alpha value is -1.90. The van der Waals surface area contributed by atoms with Gasteiger partial charge < -0.3 is 4.74 Å². The molecule has 0 fully saturated rings. The van der Waals surface area contributed by atoms with E-state index < -0.39 is 0 Å². The summed E-state index contributed by atoms with van der Waals surface area (Å²) < 4.78 is 5.80. The second-order valence-corrected chi connectivity index (χ2v) is 6.01. The Balaban J connectivity index is 2.07. The minimum absolute atomic E-state index is 0.125. The Kier molecular flexibility index (Phi) is 2.77. The van der Waals surface area contributed by atoms with Crippen LogP contribution in [0, 0.1) is 5.41 Å². The maximum atomic E-state index is 5.80. The third-order valence-corrected chi connectivity index (χ3v) is 3.51. The van der Waals surface area contributed by atoms with Crippen LogP contribution in [0.5, 0.6) is 0 Å². The van der Waals surface area contributed by atoms with Crippen LogP contribution >= 0.6 is 0 Å². The molecule has 0 N–H and O–H groups in total. The van der Waals surface area contributed by atoms with Crippen molar-refractivity contribution < 1.29 is 4.74 Å². The smallest absolute Gasteiger partial charge is 0.218 e. The van der Waals surface area contributed by atoms with Crippen molar-refractivity contribution in [3.8, 4) is 0 Å². The Labute approximate surface area is 113 Å². The molecule has 3 rings (SSSR count). The first kappa shape index (κ1) is 12.2. The summed E-state index contributed by atoms with van der Waals surface area (Å²) in [6.07, 6.45) is 1.81. The van der Waals surface area contributed by atoms with Gasteiger partial charge in [0.05, 0.1) is 17.1 Å². The SMILES string of the molecule is CC(C)(C)[C@H]1COC(c2cccc3cccnc23)=N1. The molecule has 0 spiro atoms. The van der Waals surface area contributed by atoms with E-state index in [9.17, 15) is 0 Å². The highest BCUT2D eigenvalue weighted by atomic mass is 16.5. The van der Waals surface area contributed by atoms with Crippen LogP contribution in [0.1, 0.15) is 26.3 Å². The fourth-order valence-electron chi connectivity index (χ4n) is 2.24. The van der Waals surface area contributed by atoms with E-state index in [0.29, 0.717) is 6.61 Å². The number of pyridine rings is 1. The third-order valence-electron chi connectivity index (χ3n) is 3.51. The van der Waals surface area contributed by atoms with E-state index in [4.69, 9.17) is 9.73 Å². The van der Waals surface area contributed by atoms with Crippen molar-refractivity contribution >= 4 is 16.8 Å². The number of ether oxygens (including phenoxy) is 1. The molecule has 1 atom stereocenters. The van der Waals surface area contributed by atoms with Crippen molar-refractivity contribution in [2.24, 2.45) is 10.4 Å². The van der Waals surface area contributed by atoms with Gasteiger partial charge in [-0.25, -0.2) is 4.99 Å². The Morgan fingerprint density at radius 1 is 1.16 bits per heavy atom. The monoisotopic (exact) mass is 254 g/mol. The van der Waals surface area contributed by atoms with Gasteiger partial charge in [-0.05, 0) is 17.5 Å². The lowest BCUT2D eigenvalue weighted by Crippen LogP contribution is -2.25. The largest absolute Gasteiger partial charge is 0.475 e. The Bertz CT molecular complexity index is 635. The molecule has 19 heavy (non-hydrogen) atoms. The van der Waals surface area contributed by atoms with Crippen LogP contribution in [-0.2, 0) is 4.74 Å². The van der Waals surface area contributed by atoms with E-state index >= 15 is 0 Å². The maximum absolute atomic E-state index is 5.80.